The van der Waals surface area contributed by atoms with E-state index in [0.717, 1.165) is 19.3 Å². The van der Waals surface area contributed by atoms with E-state index in [1.54, 1.807) is 28.5 Å². The first-order valence-electron chi connectivity index (χ1n) is 9.04. The Morgan fingerprint density at radius 3 is 2.70 bits per heavy atom. The number of hydrogen-bond acceptors (Lipinski definition) is 6. The van der Waals surface area contributed by atoms with E-state index in [0.29, 0.717) is 30.3 Å². The van der Waals surface area contributed by atoms with Crippen LogP contribution in [-0.4, -0.2) is 41.4 Å². The van der Waals surface area contributed by atoms with Crippen molar-refractivity contribution in [3.8, 4) is 0 Å². The Bertz CT molecular complexity index is 785. The number of likely N-dealkylation sites (tertiary alicyclic amines) is 1. The molecule has 0 unspecified atom stereocenters. The minimum atomic E-state index is -0.955. The zero-order valence-corrected chi connectivity index (χ0v) is 15.9. The van der Waals surface area contributed by atoms with Gasteiger partial charge in [0.15, 0.2) is 10.8 Å². The van der Waals surface area contributed by atoms with Gasteiger partial charge in [-0.15, -0.1) is 17.9 Å². The maximum atomic E-state index is 13.0. The predicted molar refractivity (Wildman–Crippen MR) is 106 cm³/mol. The summed E-state index contributed by atoms with van der Waals surface area (Å²) in [4.78, 5) is 31.6. The third kappa shape index (κ3) is 4.95. The van der Waals surface area contributed by atoms with Crippen LogP contribution in [0.1, 0.15) is 41.4 Å². The summed E-state index contributed by atoms with van der Waals surface area (Å²) < 4.78 is 5.62. The summed E-state index contributed by atoms with van der Waals surface area (Å²) in [6.07, 6.45) is 3.83. The van der Waals surface area contributed by atoms with Crippen LogP contribution in [0.15, 0.2) is 48.4 Å². The molecule has 142 valence electrons. The van der Waals surface area contributed by atoms with Gasteiger partial charge in [-0.05, 0) is 19.3 Å². The molecule has 1 aromatic heterocycles. The van der Waals surface area contributed by atoms with Crippen LogP contribution in [0.2, 0.25) is 0 Å². The van der Waals surface area contributed by atoms with Gasteiger partial charge in [0.1, 0.15) is 0 Å². The predicted octanol–water partition coefficient (Wildman–Crippen LogP) is 3.65. The van der Waals surface area contributed by atoms with Gasteiger partial charge in [0, 0.05) is 30.6 Å². The molecule has 6 nitrogen and oxygen atoms in total. The Morgan fingerprint density at radius 2 is 2.00 bits per heavy atom. The number of amides is 1. The number of benzene rings is 1. The summed E-state index contributed by atoms with van der Waals surface area (Å²) in [6, 6.07) is 9.14. The quantitative estimate of drug-likeness (QED) is 0.582. The number of nitrogens with one attached hydrogen (secondary N) is 1. The molecule has 0 aliphatic carbocycles. The minimum absolute atomic E-state index is 0.172. The Labute approximate surface area is 162 Å². The lowest BCUT2D eigenvalue weighted by Crippen LogP contribution is -2.40. The van der Waals surface area contributed by atoms with Crippen molar-refractivity contribution in [2.24, 2.45) is 0 Å². The van der Waals surface area contributed by atoms with E-state index in [2.05, 4.69) is 16.9 Å². The van der Waals surface area contributed by atoms with Gasteiger partial charge in [-0.1, -0.05) is 36.4 Å². The van der Waals surface area contributed by atoms with Crippen LogP contribution in [-0.2, 0) is 9.53 Å². The van der Waals surface area contributed by atoms with Gasteiger partial charge < -0.3 is 15.0 Å². The maximum Gasteiger partial charge on any atom is 0.359 e. The largest absolute Gasteiger partial charge is 0.443 e. The van der Waals surface area contributed by atoms with Gasteiger partial charge in [-0.2, -0.15) is 0 Å². The molecular formula is C20H23N3O3S. The highest BCUT2D eigenvalue weighted by Crippen LogP contribution is 2.25. The van der Waals surface area contributed by atoms with Crippen LogP contribution in [0.3, 0.4) is 0 Å². The van der Waals surface area contributed by atoms with E-state index in [1.165, 1.54) is 11.3 Å². The highest BCUT2D eigenvalue weighted by atomic mass is 32.1. The van der Waals surface area contributed by atoms with Gasteiger partial charge >= 0.3 is 5.97 Å². The molecule has 1 atom stereocenters. The van der Waals surface area contributed by atoms with Gasteiger partial charge in [0.25, 0.3) is 5.91 Å². The molecule has 1 N–H and O–H groups in total. The van der Waals surface area contributed by atoms with Crippen molar-refractivity contribution in [3.63, 3.8) is 0 Å². The molecule has 27 heavy (non-hydrogen) atoms. The number of hydrogen-bond donors (Lipinski definition) is 1. The summed E-state index contributed by atoms with van der Waals surface area (Å²) in [7, 11) is 0. The van der Waals surface area contributed by atoms with Crippen LogP contribution in [0, 0.1) is 0 Å². The molecule has 2 heterocycles. The smallest absolute Gasteiger partial charge is 0.359 e. The van der Waals surface area contributed by atoms with Gasteiger partial charge in [-0.25, -0.2) is 9.78 Å². The lowest BCUT2D eigenvalue weighted by Gasteiger charge is -2.30. The number of nitrogens with zero attached hydrogens (tertiary/aromatic N) is 2. The third-order valence-corrected chi connectivity index (χ3v) is 5.13. The second-order valence-electron chi connectivity index (χ2n) is 6.29. The average molecular weight is 385 g/mol. The second-order valence-corrected chi connectivity index (χ2v) is 7.15. The normalized spacial score (nSPS) is 15.0. The topological polar surface area (TPSA) is 71.5 Å². The van der Waals surface area contributed by atoms with E-state index >= 15 is 0 Å². The molecule has 0 radical (unpaired) electrons. The number of esters is 1. The monoisotopic (exact) mass is 385 g/mol. The average Bonchev–Trinajstić information content (AvgIpc) is 3.20. The van der Waals surface area contributed by atoms with Crippen molar-refractivity contribution in [2.45, 2.75) is 25.4 Å². The van der Waals surface area contributed by atoms with E-state index in [1.807, 2.05) is 18.2 Å². The Balaban J connectivity index is 1.76. The van der Waals surface area contributed by atoms with Gasteiger partial charge in [0.2, 0.25) is 6.10 Å². The van der Waals surface area contributed by atoms with E-state index < -0.39 is 12.1 Å². The first-order valence-corrected chi connectivity index (χ1v) is 9.92. The fourth-order valence-corrected chi connectivity index (χ4v) is 3.63. The maximum absolute atomic E-state index is 13.0. The Hall–Kier alpha value is -2.67. The number of piperidine rings is 1. The third-order valence-electron chi connectivity index (χ3n) is 4.33. The minimum Gasteiger partial charge on any atom is -0.443 e. The van der Waals surface area contributed by atoms with Crippen LogP contribution in [0.25, 0.3) is 0 Å². The molecule has 3 rings (SSSR count). The Morgan fingerprint density at radius 1 is 1.26 bits per heavy atom. The highest BCUT2D eigenvalue weighted by Gasteiger charge is 2.31. The molecule has 0 spiro atoms. The van der Waals surface area contributed by atoms with Gasteiger partial charge in [-0.3, -0.25) is 4.79 Å². The van der Waals surface area contributed by atoms with E-state index in [9.17, 15) is 9.59 Å². The van der Waals surface area contributed by atoms with Crippen LogP contribution < -0.4 is 5.32 Å². The van der Waals surface area contributed by atoms with Crippen molar-refractivity contribution < 1.29 is 14.3 Å². The first kappa shape index (κ1) is 19.1. The summed E-state index contributed by atoms with van der Waals surface area (Å²) in [5.41, 5.74) is 0.862. The molecule has 1 fully saturated rings. The Kier molecular flexibility index (Phi) is 6.59. The zero-order chi connectivity index (χ0) is 19.1. The van der Waals surface area contributed by atoms with Crippen molar-refractivity contribution in [1.82, 2.24) is 9.88 Å². The SMILES string of the molecule is C=CCNc1nc(C(=O)O[C@H](C(=O)N2CCCCC2)c2ccccc2)cs1. The van der Waals surface area contributed by atoms with E-state index in [4.69, 9.17) is 4.74 Å². The number of ether oxygens (including phenoxy) is 1. The molecule has 1 saturated heterocycles. The molecule has 1 aliphatic rings. The molecule has 7 heteroatoms. The fraction of sp³-hybridized carbons (Fsp3) is 0.350. The van der Waals surface area contributed by atoms with Crippen molar-refractivity contribution in [2.75, 3.05) is 25.0 Å². The van der Waals surface area contributed by atoms with Crippen LogP contribution in [0.4, 0.5) is 5.13 Å². The summed E-state index contributed by atoms with van der Waals surface area (Å²) >= 11 is 1.31. The number of rotatable bonds is 7. The zero-order valence-electron chi connectivity index (χ0n) is 15.1. The molecular weight excluding hydrogens is 362 g/mol. The standard InChI is InChI=1S/C20H23N3O3S/c1-2-11-21-20-22-16(14-27-20)19(25)26-17(15-9-5-3-6-10-15)18(24)23-12-7-4-8-13-23/h2-3,5-6,9-10,14,17H,1,4,7-8,11-13H2,(H,21,22)/t17-/m0/s1. The van der Waals surface area contributed by atoms with E-state index in [-0.39, 0.29) is 11.6 Å². The van der Waals surface area contributed by atoms with Crippen molar-refractivity contribution in [3.05, 3.63) is 59.6 Å². The summed E-state index contributed by atoms with van der Waals surface area (Å²) in [5, 5.41) is 5.27. The highest BCUT2D eigenvalue weighted by molar-refractivity contribution is 7.13. The lowest BCUT2D eigenvalue weighted by atomic mass is 10.1. The number of aromatic nitrogens is 1. The molecule has 1 aromatic carbocycles. The lowest BCUT2D eigenvalue weighted by molar-refractivity contribution is -0.142. The molecule has 1 amide bonds. The summed E-state index contributed by atoms with van der Waals surface area (Å²) in [6.45, 7) is 5.59. The number of carbonyl (C=O) groups is 2. The molecule has 2 aromatic rings. The van der Waals surface area contributed by atoms with Crippen molar-refractivity contribution in [1.29, 1.82) is 0 Å². The molecule has 0 saturated carbocycles. The molecule has 0 bridgehead atoms. The van der Waals surface area contributed by atoms with Gasteiger partial charge in [0.05, 0.1) is 0 Å². The number of carbonyl (C=O) groups excluding carboxylic acids is 2. The van der Waals surface area contributed by atoms with Crippen LogP contribution in [0.5, 0.6) is 0 Å². The second kappa shape index (κ2) is 9.32. The summed E-state index contributed by atoms with van der Waals surface area (Å²) in [5.74, 6) is -0.772. The molecule has 1 aliphatic heterocycles. The van der Waals surface area contributed by atoms with Crippen LogP contribution >= 0.6 is 11.3 Å². The first-order chi connectivity index (χ1) is 13.2. The number of thiazole rings is 1. The van der Waals surface area contributed by atoms with Crippen molar-refractivity contribution >= 4 is 28.3 Å². The number of anilines is 1. The fourth-order valence-electron chi connectivity index (χ4n) is 2.94.